The molecule has 1 aliphatic rings. The van der Waals surface area contributed by atoms with E-state index < -0.39 is 0 Å². The molecule has 0 saturated carbocycles. The van der Waals surface area contributed by atoms with Crippen molar-refractivity contribution in [1.82, 2.24) is 19.8 Å². The Morgan fingerprint density at radius 3 is 2.81 bits per heavy atom. The lowest BCUT2D eigenvalue weighted by Crippen LogP contribution is -2.45. The number of imidazole rings is 1. The highest BCUT2D eigenvalue weighted by atomic mass is 15.2. The van der Waals surface area contributed by atoms with Crippen LogP contribution in [0.3, 0.4) is 0 Å². The van der Waals surface area contributed by atoms with E-state index in [1.54, 1.807) is 0 Å². The van der Waals surface area contributed by atoms with Crippen LogP contribution in [0.5, 0.6) is 0 Å². The zero-order valence-electron chi connectivity index (χ0n) is 12.8. The minimum atomic E-state index is 0.951. The van der Waals surface area contributed by atoms with Gasteiger partial charge in [0.05, 0.1) is 11.0 Å². The van der Waals surface area contributed by atoms with E-state index in [-0.39, 0.29) is 0 Å². The van der Waals surface area contributed by atoms with E-state index in [2.05, 4.69) is 51.3 Å². The molecule has 5 heteroatoms. The van der Waals surface area contributed by atoms with Gasteiger partial charge in [-0.25, -0.2) is 4.98 Å². The summed E-state index contributed by atoms with van der Waals surface area (Å²) in [6.07, 6.45) is 1.12. The molecule has 2 N–H and O–H groups in total. The van der Waals surface area contributed by atoms with Crippen LogP contribution in [0, 0.1) is 0 Å². The Hall–Kier alpha value is -1.59. The Morgan fingerprint density at radius 2 is 2.00 bits per heavy atom. The maximum absolute atomic E-state index is 4.73. The van der Waals surface area contributed by atoms with E-state index in [1.165, 1.54) is 5.52 Å². The fraction of sp³-hybridized carbons (Fsp3) is 0.562. The van der Waals surface area contributed by atoms with Crippen molar-refractivity contribution in [3.05, 3.63) is 24.3 Å². The molecule has 1 aromatic heterocycles. The van der Waals surface area contributed by atoms with Gasteiger partial charge >= 0.3 is 0 Å². The molecule has 21 heavy (non-hydrogen) atoms. The molecule has 2 heterocycles. The first-order chi connectivity index (χ1) is 10.4. The van der Waals surface area contributed by atoms with Crippen LogP contribution in [-0.4, -0.2) is 53.7 Å². The van der Waals surface area contributed by atoms with Crippen LogP contribution in [0.15, 0.2) is 24.3 Å². The molecule has 0 unspecified atom stereocenters. The van der Waals surface area contributed by atoms with Gasteiger partial charge in [0.15, 0.2) is 0 Å². The van der Waals surface area contributed by atoms with E-state index in [0.29, 0.717) is 0 Å². The number of hydrogen-bond acceptors (Lipinski definition) is 4. The van der Waals surface area contributed by atoms with Crippen LogP contribution in [0.25, 0.3) is 11.0 Å². The average molecular weight is 287 g/mol. The van der Waals surface area contributed by atoms with Crippen molar-refractivity contribution < 1.29 is 0 Å². The first kappa shape index (κ1) is 14.4. The number of anilines is 1. The Kier molecular flexibility index (Phi) is 4.72. The molecule has 0 atom stereocenters. The topological polar surface area (TPSA) is 45.1 Å². The summed E-state index contributed by atoms with van der Waals surface area (Å²) in [5.74, 6) is 1.01. The summed E-state index contributed by atoms with van der Waals surface area (Å²) in [7, 11) is 0. The van der Waals surface area contributed by atoms with Gasteiger partial charge in [-0.3, -0.25) is 4.90 Å². The fourth-order valence-electron chi connectivity index (χ4n) is 2.92. The number of benzene rings is 1. The molecule has 1 fully saturated rings. The third-order valence-electron chi connectivity index (χ3n) is 4.02. The van der Waals surface area contributed by atoms with Crippen LogP contribution < -0.4 is 10.6 Å². The minimum Gasteiger partial charge on any atom is -0.354 e. The highest BCUT2D eigenvalue weighted by molar-refractivity contribution is 5.78. The van der Waals surface area contributed by atoms with E-state index >= 15 is 0 Å². The zero-order valence-corrected chi connectivity index (χ0v) is 12.8. The van der Waals surface area contributed by atoms with Crippen molar-refractivity contribution in [3.8, 4) is 0 Å². The third kappa shape index (κ3) is 3.36. The Bertz CT molecular complexity index is 571. The number of nitrogens with one attached hydrogen (secondary N) is 2. The summed E-state index contributed by atoms with van der Waals surface area (Å²) in [6, 6.07) is 8.37. The number of piperazine rings is 1. The smallest absolute Gasteiger partial charge is 0.203 e. The number of aromatic nitrogens is 2. The van der Waals surface area contributed by atoms with Gasteiger partial charge in [-0.05, 0) is 18.6 Å². The molecule has 0 amide bonds. The third-order valence-corrected chi connectivity index (χ3v) is 4.02. The Morgan fingerprint density at radius 1 is 1.19 bits per heavy atom. The molecular weight excluding hydrogens is 262 g/mol. The quantitative estimate of drug-likeness (QED) is 0.850. The van der Waals surface area contributed by atoms with E-state index in [1.807, 2.05) is 0 Å². The lowest BCUT2D eigenvalue weighted by atomic mass is 10.3. The molecule has 1 aromatic carbocycles. The molecule has 1 aliphatic heterocycles. The largest absolute Gasteiger partial charge is 0.354 e. The van der Waals surface area contributed by atoms with Gasteiger partial charge < -0.3 is 15.2 Å². The van der Waals surface area contributed by atoms with Crippen molar-refractivity contribution in [3.63, 3.8) is 0 Å². The molecular formula is C16H25N5. The van der Waals surface area contributed by atoms with E-state index in [9.17, 15) is 0 Å². The number of fused-ring (bicyclic) bond motifs is 1. The number of hydrogen-bond donors (Lipinski definition) is 2. The maximum atomic E-state index is 4.73. The van der Waals surface area contributed by atoms with Crippen LogP contribution in [0.2, 0.25) is 0 Å². The van der Waals surface area contributed by atoms with Gasteiger partial charge in [-0.15, -0.1) is 0 Å². The maximum Gasteiger partial charge on any atom is 0.203 e. The van der Waals surface area contributed by atoms with Gasteiger partial charge in [0.2, 0.25) is 5.95 Å². The number of aryl methyl sites for hydroxylation is 1. The zero-order chi connectivity index (χ0) is 14.5. The van der Waals surface area contributed by atoms with Crippen LogP contribution >= 0.6 is 0 Å². The highest BCUT2D eigenvalue weighted by Crippen LogP contribution is 2.19. The molecule has 0 spiro atoms. The molecule has 0 radical (unpaired) electrons. The second-order valence-electron chi connectivity index (χ2n) is 5.59. The van der Waals surface area contributed by atoms with E-state index in [0.717, 1.165) is 63.7 Å². The Labute approximate surface area is 126 Å². The van der Waals surface area contributed by atoms with Crippen LogP contribution in [-0.2, 0) is 6.54 Å². The second-order valence-corrected chi connectivity index (χ2v) is 5.59. The molecule has 1 saturated heterocycles. The molecule has 5 nitrogen and oxygen atoms in total. The van der Waals surface area contributed by atoms with E-state index in [4.69, 9.17) is 4.98 Å². The molecule has 0 bridgehead atoms. The SMILES string of the molecule is CCCn1c(NCCN2CCNCC2)nc2ccccc21. The first-order valence-electron chi connectivity index (χ1n) is 8.00. The molecule has 3 rings (SSSR count). The number of rotatable bonds is 6. The van der Waals surface area contributed by atoms with Gasteiger partial charge in [0.1, 0.15) is 0 Å². The second kappa shape index (κ2) is 6.91. The predicted molar refractivity (Wildman–Crippen MR) is 87.8 cm³/mol. The van der Waals surface area contributed by atoms with Gasteiger partial charge in [-0.1, -0.05) is 19.1 Å². The number of para-hydroxylation sites is 2. The summed E-state index contributed by atoms with van der Waals surface area (Å²) >= 11 is 0. The summed E-state index contributed by atoms with van der Waals surface area (Å²) in [6.45, 7) is 9.75. The molecule has 2 aromatic rings. The van der Waals surface area contributed by atoms with Gasteiger partial charge in [0.25, 0.3) is 0 Å². The van der Waals surface area contributed by atoms with Crippen molar-refractivity contribution in [1.29, 1.82) is 0 Å². The highest BCUT2D eigenvalue weighted by Gasteiger charge is 2.11. The Balaban J connectivity index is 1.66. The first-order valence-corrected chi connectivity index (χ1v) is 8.00. The molecule has 114 valence electrons. The predicted octanol–water partition coefficient (Wildman–Crippen LogP) is 1.76. The summed E-state index contributed by atoms with van der Waals surface area (Å²) in [4.78, 5) is 7.23. The van der Waals surface area contributed by atoms with Gasteiger partial charge in [0, 0.05) is 45.8 Å². The summed E-state index contributed by atoms with van der Waals surface area (Å²) in [5.41, 5.74) is 2.31. The lowest BCUT2D eigenvalue weighted by Gasteiger charge is -2.27. The monoisotopic (exact) mass is 287 g/mol. The van der Waals surface area contributed by atoms with Gasteiger partial charge in [-0.2, -0.15) is 0 Å². The molecule has 0 aliphatic carbocycles. The lowest BCUT2D eigenvalue weighted by molar-refractivity contribution is 0.249. The fourth-order valence-corrected chi connectivity index (χ4v) is 2.92. The van der Waals surface area contributed by atoms with Crippen molar-refractivity contribution in [2.75, 3.05) is 44.6 Å². The number of nitrogens with zero attached hydrogens (tertiary/aromatic N) is 3. The standard InChI is InChI=1S/C16H25N5/c1-2-10-21-15-6-4-3-5-14(15)19-16(21)18-9-13-20-11-7-17-8-12-20/h3-6,17H,2,7-13H2,1H3,(H,18,19). The summed E-state index contributed by atoms with van der Waals surface area (Å²) < 4.78 is 2.30. The van der Waals surface area contributed by atoms with Crippen molar-refractivity contribution in [2.45, 2.75) is 19.9 Å². The van der Waals surface area contributed by atoms with Crippen LogP contribution in [0.4, 0.5) is 5.95 Å². The normalized spacial score (nSPS) is 16.4. The van der Waals surface area contributed by atoms with Crippen molar-refractivity contribution >= 4 is 17.0 Å². The summed E-state index contributed by atoms with van der Waals surface area (Å²) in [5, 5.41) is 6.91. The van der Waals surface area contributed by atoms with Crippen molar-refractivity contribution in [2.24, 2.45) is 0 Å². The average Bonchev–Trinajstić information content (AvgIpc) is 2.87. The van der Waals surface area contributed by atoms with Crippen LogP contribution in [0.1, 0.15) is 13.3 Å². The minimum absolute atomic E-state index is 0.951.